The molecular formula is C19H33N4O4S+. The summed E-state index contributed by atoms with van der Waals surface area (Å²) >= 11 is 0. The number of nitrogens with zero attached hydrogens (tertiary/aromatic N) is 1. The summed E-state index contributed by atoms with van der Waals surface area (Å²) in [6, 6.07) is 6.14. The highest BCUT2D eigenvalue weighted by atomic mass is 32.2. The number of nitrogens with two attached hydrogens (primary N) is 1. The Bertz CT molecular complexity index is 746. The number of quaternary nitrogens is 1. The van der Waals surface area contributed by atoms with E-state index in [0.717, 1.165) is 12.0 Å². The van der Waals surface area contributed by atoms with Gasteiger partial charge in [0.1, 0.15) is 6.04 Å². The molecular weight excluding hydrogens is 380 g/mol. The van der Waals surface area contributed by atoms with Gasteiger partial charge in [0, 0.05) is 24.7 Å². The van der Waals surface area contributed by atoms with E-state index in [1.165, 1.54) is 4.31 Å². The lowest BCUT2D eigenvalue weighted by Gasteiger charge is -2.19. The number of sulfonamides is 1. The van der Waals surface area contributed by atoms with Crippen LogP contribution in [-0.2, 0) is 14.8 Å². The van der Waals surface area contributed by atoms with E-state index in [1.807, 2.05) is 20.8 Å². The first-order valence-electron chi connectivity index (χ1n) is 9.69. The fourth-order valence-corrected chi connectivity index (χ4v) is 4.07. The number of carbonyl (C=O) groups is 2. The molecule has 0 bridgehead atoms. The third-order valence-corrected chi connectivity index (χ3v) is 6.71. The van der Waals surface area contributed by atoms with Crippen molar-refractivity contribution in [1.82, 2.24) is 14.9 Å². The minimum Gasteiger partial charge on any atom is -0.335 e. The number of hydrogen-bond acceptors (Lipinski definition) is 4. The van der Waals surface area contributed by atoms with Crippen LogP contribution in [-0.4, -0.2) is 50.3 Å². The second-order valence-corrected chi connectivity index (χ2v) is 8.66. The smallest absolute Gasteiger partial charge is 0.321 e. The Balaban J connectivity index is 2.63. The van der Waals surface area contributed by atoms with Crippen LogP contribution in [0.15, 0.2) is 29.2 Å². The third kappa shape index (κ3) is 6.88. The van der Waals surface area contributed by atoms with Gasteiger partial charge in [-0.3, -0.25) is 10.1 Å². The average molecular weight is 414 g/mol. The van der Waals surface area contributed by atoms with E-state index in [0.29, 0.717) is 13.1 Å². The molecule has 8 nitrogen and oxygen atoms in total. The monoisotopic (exact) mass is 413 g/mol. The Hall–Kier alpha value is -1.97. The quantitative estimate of drug-likeness (QED) is 0.530. The van der Waals surface area contributed by atoms with E-state index in [4.69, 9.17) is 0 Å². The van der Waals surface area contributed by atoms with Crippen LogP contribution in [0.5, 0.6) is 0 Å². The van der Waals surface area contributed by atoms with Gasteiger partial charge in [-0.25, -0.2) is 13.2 Å². The van der Waals surface area contributed by atoms with E-state index < -0.39 is 16.1 Å². The molecule has 2 atom stereocenters. The molecule has 4 N–H and O–H groups in total. The van der Waals surface area contributed by atoms with Crippen LogP contribution in [0.4, 0.5) is 4.79 Å². The van der Waals surface area contributed by atoms with Gasteiger partial charge in [-0.2, -0.15) is 4.31 Å². The minimum absolute atomic E-state index is 0.00170. The Kier molecular flexibility index (Phi) is 9.57. The van der Waals surface area contributed by atoms with Gasteiger partial charge in [0.25, 0.3) is 5.91 Å². The summed E-state index contributed by atoms with van der Waals surface area (Å²) in [6.45, 7) is 10.3. The number of urea groups is 1. The Morgan fingerprint density at radius 2 is 1.64 bits per heavy atom. The van der Waals surface area contributed by atoms with Crippen molar-refractivity contribution >= 4 is 22.0 Å². The number of rotatable bonds is 10. The third-order valence-electron chi connectivity index (χ3n) is 4.65. The van der Waals surface area contributed by atoms with Gasteiger partial charge in [0.2, 0.25) is 10.0 Å². The molecule has 0 saturated carbocycles. The molecule has 0 aliphatic carbocycles. The van der Waals surface area contributed by atoms with Crippen molar-refractivity contribution in [2.75, 3.05) is 19.6 Å². The van der Waals surface area contributed by atoms with Gasteiger partial charge in [0.15, 0.2) is 6.54 Å². The number of nitrogens with one attached hydrogen (secondary N) is 2. The molecule has 3 amide bonds. The zero-order chi connectivity index (χ0) is 21.3. The molecule has 1 rings (SSSR count). The topological polar surface area (TPSA) is 112 Å². The molecule has 158 valence electrons. The van der Waals surface area contributed by atoms with E-state index in [1.54, 1.807) is 43.4 Å². The molecule has 0 aromatic heterocycles. The summed E-state index contributed by atoms with van der Waals surface area (Å²) in [4.78, 5) is 23.8. The van der Waals surface area contributed by atoms with Crippen molar-refractivity contribution in [1.29, 1.82) is 0 Å². The second-order valence-electron chi connectivity index (χ2n) is 6.72. The van der Waals surface area contributed by atoms with Crippen molar-refractivity contribution in [3.63, 3.8) is 0 Å². The first-order chi connectivity index (χ1) is 13.1. The molecule has 0 unspecified atom stereocenters. The Morgan fingerprint density at radius 1 is 1.07 bits per heavy atom. The molecule has 0 fully saturated rings. The largest absolute Gasteiger partial charge is 0.335 e. The molecule has 0 saturated heterocycles. The highest BCUT2D eigenvalue weighted by molar-refractivity contribution is 7.89. The molecule has 28 heavy (non-hydrogen) atoms. The summed E-state index contributed by atoms with van der Waals surface area (Å²) in [7, 11) is -3.48. The van der Waals surface area contributed by atoms with Gasteiger partial charge in [-0.15, -0.1) is 0 Å². The highest BCUT2D eigenvalue weighted by Gasteiger charge is 2.22. The summed E-state index contributed by atoms with van der Waals surface area (Å²) in [5.74, 6) is -0.381. The van der Waals surface area contributed by atoms with Crippen molar-refractivity contribution in [3.8, 4) is 0 Å². The first-order valence-corrected chi connectivity index (χ1v) is 11.1. The number of hydrogen-bond donors (Lipinski definition) is 3. The molecule has 9 heteroatoms. The predicted molar refractivity (Wildman–Crippen MR) is 108 cm³/mol. The van der Waals surface area contributed by atoms with Gasteiger partial charge < -0.3 is 10.6 Å². The number of benzene rings is 1. The molecule has 0 aliphatic rings. The lowest BCUT2D eigenvalue weighted by molar-refractivity contribution is -0.682. The van der Waals surface area contributed by atoms with Crippen LogP contribution in [0.1, 0.15) is 52.6 Å². The van der Waals surface area contributed by atoms with Crippen molar-refractivity contribution < 1.29 is 23.3 Å². The minimum atomic E-state index is -3.48. The fourth-order valence-electron chi connectivity index (χ4n) is 2.62. The van der Waals surface area contributed by atoms with Crippen LogP contribution in [0, 0.1) is 0 Å². The highest BCUT2D eigenvalue weighted by Crippen LogP contribution is 2.18. The Morgan fingerprint density at radius 3 is 2.14 bits per heavy atom. The zero-order valence-corrected chi connectivity index (χ0v) is 18.2. The van der Waals surface area contributed by atoms with E-state index in [2.05, 4.69) is 10.6 Å². The predicted octanol–water partition coefficient (Wildman–Crippen LogP) is 0.966. The van der Waals surface area contributed by atoms with Crippen molar-refractivity contribution in [2.24, 2.45) is 0 Å². The van der Waals surface area contributed by atoms with E-state index >= 15 is 0 Å². The summed E-state index contributed by atoms with van der Waals surface area (Å²) < 4.78 is 26.4. The van der Waals surface area contributed by atoms with Gasteiger partial charge in [-0.1, -0.05) is 32.9 Å². The van der Waals surface area contributed by atoms with Crippen LogP contribution in [0.3, 0.4) is 0 Å². The van der Waals surface area contributed by atoms with Crippen molar-refractivity contribution in [3.05, 3.63) is 29.8 Å². The van der Waals surface area contributed by atoms with E-state index in [-0.39, 0.29) is 29.4 Å². The van der Waals surface area contributed by atoms with Gasteiger partial charge in [0.05, 0.1) is 4.90 Å². The van der Waals surface area contributed by atoms with Gasteiger partial charge in [-0.05, 0) is 32.4 Å². The molecule has 0 radical (unpaired) electrons. The van der Waals surface area contributed by atoms with Crippen LogP contribution in [0.25, 0.3) is 0 Å². The van der Waals surface area contributed by atoms with Gasteiger partial charge >= 0.3 is 6.03 Å². The molecule has 1 aromatic carbocycles. The number of amides is 3. The maximum Gasteiger partial charge on any atom is 0.321 e. The second kappa shape index (κ2) is 11.1. The maximum absolute atomic E-state index is 12.5. The van der Waals surface area contributed by atoms with Crippen LogP contribution >= 0.6 is 0 Å². The lowest BCUT2D eigenvalue weighted by atomic mass is 10.1. The zero-order valence-electron chi connectivity index (χ0n) is 17.4. The number of carbonyl (C=O) groups excluding carboxylic acids is 2. The van der Waals surface area contributed by atoms with Crippen molar-refractivity contribution in [2.45, 2.75) is 58.0 Å². The standard InChI is InChI=1S/C19H32N4O4S/c1-6-14(4)21-19(25)22-18(24)13-20-15(5)16-9-11-17(12-10-16)28(26,27)23(7-2)8-3/h9-12,14-15,20H,6-8,13H2,1-5H3,(H2,21,22,24,25)/p+1/t14-,15+/m1/s1. The Labute approximate surface area is 168 Å². The van der Waals surface area contributed by atoms with E-state index in [9.17, 15) is 18.0 Å². The average Bonchev–Trinajstić information content (AvgIpc) is 2.66. The SMILES string of the molecule is CC[C@@H](C)NC(=O)NC(=O)C[NH2+][C@@H](C)c1ccc(S(=O)(=O)N(CC)CC)cc1. The summed E-state index contributed by atoms with van der Waals surface area (Å²) in [6.07, 6.45) is 0.782. The molecule has 0 spiro atoms. The maximum atomic E-state index is 12.5. The van der Waals surface area contributed by atoms with Crippen LogP contribution < -0.4 is 16.0 Å². The summed E-state index contributed by atoms with van der Waals surface area (Å²) in [5.41, 5.74) is 0.898. The number of imide groups is 1. The molecule has 0 heterocycles. The first kappa shape index (κ1) is 24.1. The molecule has 1 aromatic rings. The normalized spacial score (nSPS) is 13.8. The fraction of sp³-hybridized carbons (Fsp3) is 0.579. The summed E-state index contributed by atoms with van der Waals surface area (Å²) in [5, 5.41) is 6.77. The van der Waals surface area contributed by atoms with Crippen LogP contribution in [0.2, 0.25) is 0 Å². The lowest BCUT2D eigenvalue weighted by Crippen LogP contribution is -2.87. The molecule has 0 aliphatic heterocycles.